The second-order valence-corrected chi connectivity index (χ2v) is 6.92. The quantitative estimate of drug-likeness (QED) is 0.397. The van der Waals surface area contributed by atoms with Crippen molar-refractivity contribution < 1.29 is 23.8 Å². The molecule has 1 aromatic carbocycles. The first-order chi connectivity index (χ1) is 14.5. The number of aromatic nitrogens is 1. The zero-order valence-electron chi connectivity index (χ0n) is 16.5. The van der Waals surface area contributed by atoms with Crippen molar-refractivity contribution in [1.82, 2.24) is 9.88 Å². The largest absolute Gasteiger partial charge is 0.507 e. The number of methoxy groups -OCH3 is 1. The maximum Gasteiger partial charge on any atom is 0.296 e. The predicted octanol–water partition coefficient (Wildman–Crippen LogP) is 3.61. The number of pyridine rings is 1. The van der Waals surface area contributed by atoms with Gasteiger partial charge >= 0.3 is 0 Å². The highest BCUT2D eigenvalue weighted by Gasteiger charge is 2.47. The number of ether oxygens (including phenoxy) is 1. The third-order valence-corrected chi connectivity index (χ3v) is 4.99. The number of aliphatic hydroxyl groups excluding tert-OH is 1. The van der Waals surface area contributed by atoms with Crippen LogP contribution in [0.25, 0.3) is 5.76 Å². The minimum atomic E-state index is -0.859. The summed E-state index contributed by atoms with van der Waals surface area (Å²) in [4.78, 5) is 31.5. The molecule has 1 aliphatic rings. The number of carbonyl (C=O) groups is 2. The minimum absolute atomic E-state index is 0.0181. The summed E-state index contributed by atoms with van der Waals surface area (Å²) in [6, 6.07) is 14.6. The molecule has 3 heterocycles. The summed E-state index contributed by atoms with van der Waals surface area (Å²) in [7, 11) is 1.54. The van der Waals surface area contributed by atoms with Gasteiger partial charge in [-0.15, -0.1) is 0 Å². The summed E-state index contributed by atoms with van der Waals surface area (Å²) >= 11 is 0. The molecule has 1 fully saturated rings. The Kier molecular flexibility index (Phi) is 5.10. The summed E-state index contributed by atoms with van der Waals surface area (Å²) in [5, 5.41) is 11.0. The molecular weight excluding hydrogens is 384 g/mol. The molecule has 7 heteroatoms. The van der Waals surface area contributed by atoms with E-state index in [-0.39, 0.29) is 17.9 Å². The third kappa shape index (κ3) is 3.45. The van der Waals surface area contributed by atoms with Gasteiger partial charge in [0.1, 0.15) is 29.1 Å². The Morgan fingerprint density at radius 3 is 2.50 bits per heavy atom. The number of aliphatic hydroxyl groups is 1. The van der Waals surface area contributed by atoms with Gasteiger partial charge in [0, 0.05) is 11.8 Å². The highest BCUT2D eigenvalue weighted by Crippen LogP contribution is 2.40. The van der Waals surface area contributed by atoms with E-state index >= 15 is 0 Å². The van der Waals surface area contributed by atoms with Crippen LogP contribution in [0.2, 0.25) is 0 Å². The lowest BCUT2D eigenvalue weighted by molar-refractivity contribution is -0.140. The fraction of sp³-hybridized carbons (Fsp3) is 0.174. The van der Waals surface area contributed by atoms with E-state index in [4.69, 9.17) is 9.15 Å². The average molecular weight is 404 g/mol. The van der Waals surface area contributed by atoms with E-state index in [9.17, 15) is 14.7 Å². The average Bonchev–Trinajstić information content (AvgIpc) is 3.30. The van der Waals surface area contributed by atoms with Crippen LogP contribution in [0.5, 0.6) is 5.75 Å². The van der Waals surface area contributed by atoms with Gasteiger partial charge in [-0.2, -0.15) is 0 Å². The van der Waals surface area contributed by atoms with E-state index in [0.29, 0.717) is 28.5 Å². The summed E-state index contributed by atoms with van der Waals surface area (Å²) < 4.78 is 10.9. The molecule has 1 atom stereocenters. The first kappa shape index (κ1) is 19.4. The fourth-order valence-corrected chi connectivity index (χ4v) is 3.51. The number of hydrogen-bond donors (Lipinski definition) is 1. The lowest BCUT2D eigenvalue weighted by Gasteiger charge is -2.23. The maximum atomic E-state index is 12.9. The highest BCUT2D eigenvalue weighted by atomic mass is 16.5. The van der Waals surface area contributed by atoms with Crippen LogP contribution in [0.4, 0.5) is 0 Å². The van der Waals surface area contributed by atoms with Crippen LogP contribution in [-0.2, 0) is 16.1 Å². The van der Waals surface area contributed by atoms with Gasteiger partial charge in [-0.25, -0.2) is 0 Å². The van der Waals surface area contributed by atoms with Crippen molar-refractivity contribution in [3.8, 4) is 5.75 Å². The van der Waals surface area contributed by atoms with Crippen LogP contribution in [-0.4, -0.2) is 33.8 Å². The van der Waals surface area contributed by atoms with E-state index < -0.39 is 17.7 Å². The molecule has 0 bridgehead atoms. The number of furan rings is 1. The van der Waals surface area contributed by atoms with Crippen LogP contribution in [0.1, 0.15) is 28.8 Å². The minimum Gasteiger partial charge on any atom is -0.507 e. The smallest absolute Gasteiger partial charge is 0.296 e. The normalized spacial score (nSPS) is 18.1. The Morgan fingerprint density at radius 1 is 1.13 bits per heavy atom. The number of likely N-dealkylation sites (tertiary alicyclic amines) is 1. The molecule has 2 aromatic heterocycles. The van der Waals surface area contributed by atoms with Crippen LogP contribution in [0, 0.1) is 6.92 Å². The Bertz CT molecular complexity index is 1120. The standard InChI is InChI=1S/C23H20N2O5/c1-14-6-11-18(30-14)20-19(21(26)15-7-9-17(29-2)10-8-15)22(27)23(28)25(20)13-16-5-3-4-12-24-16/h3-12,20,26H,13H2,1-2H3/b21-19-. The Hall–Kier alpha value is -3.87. The maximum absolute atomic E-state index is 12.9. The topological polar surface area (TPSA) is 92.9 Å². The van der Waals surface area contributed by atoms with Crippen LogP contribution in [0.3, 0.4) is 0 Å². The van der Waals surface area contributed by atoms with Gasteiger partial charge in [0.2, 0.25) is 0 Å². The molecule has 0 radical (unpaired) electrons. The SMILES string of the molecule is COc1ccc(/C(O)=C2/C(=O)C(=O)N(Cc3ccccn3)C2c2ccc(C)o2)cc1. The van der Waals surface area contributed by atoms with E-state index in [1.165, 1.54) is 12.0 Å². The Balaban J connectivity index is 1.83. The highest BCUT2D eigenvalue weighted by molar-refractivity contribution is 6.46. The lowest BCUT2D eigenvalue weighted by atomic mass is 9.99. The number of aryl methyl sites for hydroxylation is 1. The second kappa shape index (κ2) is 7.87. The molecule has 3 aromatic rings. The number of amides is 1. The second-order valence-electron chi connectivity index (χ2n) is 6.92. The van der Waals surface area contributed by atoms with Gasteiger partial charge in [-0.1, -0.05) is 6.07 Å². The number of benzene rings is 1. The molecule has 30 heavy (non-hydrogen) atoms. The fourth-order valence-electron chi connectivity index (χ4n) is 3.51. The van der Waals surface area contributed by atoms with Crippen LogP contribution >= 0.6 is 0 Å². The molecular formula is C23H20N2O5. The summed E-state index contributed by atoms with van der Waals surface area (Å²) in [5.74, 6) is -0.0948. The Labute approximate surface area is 173 Å². The van der Waals surface area contributed by atoms with E-state index in [1.807, 2.05) is 6.07 Å². The molecule has 7 nitrogen and oxygen atoms in total. The first-order valence-corrected chi connectivity index (χ1v) is 9.38. The van der Waals surface area contributed by atoms with Crippen molar-refractivity contribution in [2.24, 2.45) is 0 Å². The molecule has 1 amide bonds. The molecule has 0 spiro atoms. The number of hydrogen-bond acceptors (Lipinski definition) is 6. The number of carbonyl (C=O) groups excluding carboxylic acids is 2. The van der Waals surface area contributed by atoms with Crippen molar-refractivity contribution >= 4 is 17.4 Å². The van der Waals surface area contributed by atoms with Crippen molar-refractivity contribution in [2.75, 3.05) is 7.11 Å². The zero-order valence-corrected chi connectivity index (χ0v) is 16.5. The predicted molar refractivity (Wildman–Crippen MR) is 109 cm³/mol. The van der Waals surface area contributed by atoms with E-state index in [2.05, 4.69) is 4.98 Å². The Morgan fingerprint density at radius 2 is 1.90 bits per heavy atom. The molecule has 1 saturated heterocycles. The molecule has 4 rings (SSSR count). The first-order valence-electron chi connectivity index (χ1n) is 9.38. The summed E-state index contributed by atoms with van der Waals surface area (Å²) in [5.41, 5.74) is 1.01. The number of nitrogens with zero attached hydrogens (tertiary/aromatic N) is 2. The summed E-state index contributed by atoms with van der Waals surface area (Å²) in [6.45, 7) is 1.88. The van der Waals surface area contributed by atoms with Crippen molar-refractivity contribution in [3.05, 3.63) is 89.1 Å². The molecule has 1 unspecified atom stereocenters. The molecule has 1 N–H and O–H groups in total. The summed E-state index contributed by atoms with van der Waals surface area (Å²) in [6.07, 6.45) is 1.62. The van der Waals surface area contributed by atoms with E-state index in [1.54, 1.807) is 61.7 Å². The van der Waals surface area contributed by atoms with Crippen LogP contribution in [0.15, 0.2) is 70.8 Å². The van der Waals surface area contributed by atoms with Gasteiger partial charge in [-0.05, 0) is 55.5 Å². The van der Waals surface area contributed by atoms with Gasteiger partial charge in [0.25, 0.3) is 11.7 Å². The van der Waals surface area contributed by atoms with E-state index in [0.717, 1.165) is 0 Å². The van der Waals surface area contributed by atoms with Crippen LogP contribution < -0.4 is 4.74 Å². The molecule has 152 valence electrons. The molecule has 1 aliphatic heterocycles. The van der Waals surface area contributed by atoms with Crippen molar-refractivity contribution in [1.29, 1.82) is 0 Å². The number of rotatable bonds is 5. The van der Waals surface area contributed by atoms with Crippen molar-refractivity contribution in [3.63, 3.8) is 0 Å². The van der Waals surface area contributed by atoms with Gasteiger partial charge in [0.15, 0.2) is 0 Å². The number of Topliss-reactive ketones (excluding diaryl/α,β-unsaturated/α-hetero) is 1. The van der Waals surface area contributed by atoms with Gasteiger partial charge < -0.3 is 19.2 Å². The zero-order chi connectivity index (χ0) is 21.3. The monoisotopic (exact) mass is 404 g/mol. The number of ketones is 1. The van der Waals surface area contributed by atoms with Gasteiger partial charge in [-0.3, -0.25) is 14.6 Å². The third-order valence-electron chi connectivity index (χ3n) is 4.99. The van der Waals surface area contributed by atoms with Gasteiger partial charge in [0.05, 0.1) is 24.9 Å². The molecule has 0 aliphatic carbocycles. The van der Waals surface area contributed by atoms with Crippen molar-refractivity contribution in [2.45, 2.75) is 19.5 Å². The lowest BCUT2D eigenvalue weighted by Crippen LogP contribution is -2.29. The molecule has 0 saturated carbocycles.